The number of hydrogen-bond donors (Lipinski definition) is 0. The average molecular weight is 355 g/mol. The van der Waals surface area contributed by atoms with Crippen molar-refractivity contribution in [2.45, 2.75) is 57.8 Å². The average Bonchev–Trinajstić information content (AvgIpc) is 3.49. The van der Waals surface area contributed by atoms with Gasteiger partial charge in [-0.15, -0.1) is 0 Å². The van der Waals surface area contributed by atoms with E-state index in [1.54, 1.807) is 11.1 Å². The third kappa shape index (κ3) is 4.50. The summed E-state index contributed by atoms with van der Waals surface area (Å²) < 4.78 is 0. The van der Waals surface area contributed by atoms with Gasteiger partial charge in [-0.25, -0.2) is 0 Å². The summed E-state index contributed by atoms with van der Waals surface area (Å²) in [7, 11) is 0. The van der Waals surface area contributed by atoms with Crippen LogP contribution in [0.4, 0.5) is 0 Å². The molecule has 27 heavy (non-hydrogen) atoms. The lowest BCUT2D eigenvalue weighted by atomic mass is 10.1. The van der Waals surface area contributed by atoms with Crippen LogP contribution in [-0.2, 0) is 19.3 Å². The fourth-order valence-corrected chi connectivity index (χ4v) is 4.48. The molecule has 0 amide bonds. The summed E-state index contributed by atoms with van der Waals surface area (Å²) in [5.41, 5.74) is 8.89. The van der Waals surface area contributed by atoms with Crippen LogP contribution in [0, 0.1) is 0 Å². The van der Waals surface area contributed by atoms with E-state index in [2.05, 4.69) is 72.8 Å². The summed E-state index contributed by atoms with van der Waals surface area (Å²) in [4.78, 5) is 0. The van der Waals surface area contributed by atoms with Crippen molar-refractivity contribution in [1.82, 2.24) is 0 Å². The molecule has 0 spiro atoms. The van der Waals surface area contributed by atoms with Crippen LogP contribution in [0.1, 0.15) is 60.8 Å². The Hall–Kier alpha value is -2.34. The van der Waals surface area contributed by atoms with E-state index < -0.39 is 0 Å². The van der Waals surface area contributed by atoms with E-state index in [0.717, 1.165) is 6.42 Å². The molecule has 1 saturated carbocycles. The Morgan fingerprint density at radius 2 is 0.741 bits per heavy atom. The van der Waals surface area contributed by atoms with Crippen molar-refractivity contribution in [1.29, 1.82) is 0 Å². The molecule has 0 atom stereocenters. The van der Waals surface area contributed by atoms with E-state index in [9.17, 15) is 0 Å². The normalized spacial score (nSPS) is 15.6. The number of benzene rings is 3. The van der Waals surface area contributed by atoms with Crippen molar-refractivity contribution in [2.75, 3.05) is 0 Å². The fraction of sp³-hybridized carbons (Fsp3) is 0.333. The highest BCUT2D eigenvalue weighted by atomic mass is 14.2. The zero-order valence-corrected chi connectivity index (χ0v) is 16.3. The Morgan fingerprint density at radius 3 is 1.19 bits per heavy atom. The Morgan fingerprint density at radius 1 is 0.370 bits per heavy atom. The van der Waals surface area contributed by atoms with Gasteiger partial charge >= 0.3 is 0 Å². The predicted octanol–water partition coefficient (Wildman–Crippen LogP) is 7.38. The lowest BCUT2D eigenvalue weighted by molar-refractivity contribution is 0.886. The molecular weight excluding hydrogens is 324 g/mol. The number of hydrogen-bond acceptors (Lipinski definition) is 0. The van der Waals surface area contributed by atoms with Crippen molar-refractivity contribution < 1.29 is 0 Å². The first-order valence-electron chi connectivity index (χ1n) is 10.6. The fourth-order valence-electron chi connectivity index (χ4n) is 4.48. The van der Waals surface area contributed by atoms with Crippen LogP contribution in [0.15, 0.2) is 72.8 Å². The lowest BCUT2D eigenvalue weighted by Gasteiger charge is -1.98. The van der Waals surface area contributed by atoms with Crippen LogP contribution in [0.25, 0.3) is 11.1 Å². The molecule has 3 aliphatic carbocycles. The van der Waals surface area contributed by atoms with Crippen molar-refractivity contribution >= 4 is 0 Å². The molecule has 3 aromatic carbocycles. The summed E-state index contributed by atoms with van der Waals surface area (Å²) in [6, 6.07) is 26.0. The number of fused-ring (bicyclic) bond motifs is 4. The van der Waals surface area contributed by atoms with Crippen LogP contribution in [0.5, 0.6) is 0 Å². The first kappa shape index (κ1) is 18.0. The van der Waals surface area contributed by atoms with Crippen LogP contribution in [0.2, 0.25) is 0 Å². The zero-order chi connectivity index (χ0) is 18.3. The predicted molar refractivity (Wildman–Crippen MR) is 116 cm³/mol. The standard InChI is InChI=1S/C13H10.C9H10.C5H10/c1-3-7-12-10(5-1)9-11-6-2-4-8-13(11)12;1-2-5-9-7-3-6-8(9)4-1;1-2-4-5-3-1/h1-8H,9H2;1-2,4-5H,3,6-7H2;1-5H2. The Balaban J connectivity index is 0.000000111. The smallest absolute Gasteiger partial charge is 0.00135 e. The highest BCUT2D eigenvalue weighted by molar-refractivity contribution is 5.76. The molecule has 1 fully saturated rings. The molecule has 138 valence electrons. The Labute approximate surface area is 164 Å². The van der Waals surface area contributed by atoms with Gasteiger partial charge in [0, 0.05) is 0 Å². The summed E-state index contributed by atoms with van der Waals surface area (Å²) >= 11 is 0. The molecule has 0 saturated heterocycles. The third-order valence-corrected chi connectivity index (χ3v) is 5.97. The molecule has 0 bridgehead atoms. The maximum absolute atomic E-state index is 2.24. The van der Waals surface area contributed by atoms with E-state index in [1.807, 2.05) is 0 Å². The van der Waals surface area contributed by atoms with Crippen LogP contribution in [-0.4, -0.2) is 0 Å². The van der Waals surface area contributed by atoms with Crippen molar-refractivity contribution in [3.8, 4) is 11.1 Å². The SMILES string of the molecule is C1CCCC1.c1ccc2c(c1)CCC2.c1ccc2c(c1)Cc1ccccc1-2. The minimum Gasteiger partial charge on any atom is -0.0620 e. The summed E-state index contributed by atoms with van der Waals surface area (Å²) in [5, 5.41) is 0. The van der Waals surface area contributed by atoms with E-state index in [0.29, 0.717) is 0 Å². The van der Waals surface area contributed by atoms with Gasteiger partial charge in [0.1, 0.15) is 0 Å². The van der Waals surface area contributed by atoms with Crippen molar-refractivity contribution in [3.05, 3.63) is 95.1 Å². The van der Waals surface area contributed by atoms with Gasteiger partial charge in [0.15, 0.2) is 0 Å². The second-order valence-corrected chi connectivity index (χ2v) is 7.88. The summed E-state index contributed by atoms with van der Waals surface area (Å²) in [5.74, 6) is 0. The van der Waals surface area contributed by atoms with Gasteiger partial charge in [0.2, 0.25) is 0 Å². The van der Waals surface area contributed by atoms with Gasteiger partial charge in [0.05, 0.1) is 0 Å². The quantitative estimate of drug-likeness (QED) is 0.309. The number of aryl methyl sites for hydroxylation is 2. The molecule has 3 aromatic rings. The van der Waals surface area contributed by atoms with Gasteiger partial charge in [-0.05, 0) is 59.1 Å². The molecule has 0 heteroatoms. The van der Waals surface area contributed by atoms with Crippen LogP contribution < -0.4 is 0 Å². The molecule has 0 heterocycles. The third-order valence-electron chi connectivity index (χ3n) is 5.97. The zero-order valence-electron chi connectivity index (χ0n) is 16.3. The highest BCUT2D eigenvalue weighted by Gasteiger charge is 2.15. The lowest BCUT2D eigenvalue weighted by Crippen LogP contribution is -1.77. The summed E-state index contributed by atoms with van der Waals surface area (Å²) in [6.45, 7) is 0. The number of rotatable bonds is 0. The van der Waals surface area contributed by atoms with Gasteiger partial charge < -0.3 is 0 Å². The highest BCUT2D eigenvalue weighted by Crippen LogP contribution is 2.35. The molecule has 6 rings (SSSR count). The molecule has 0 nitrogen and oxygen atoms in total. The molecule has 3 aliphatic rings. The van der Waals surface area contributed by atoms with Crippen molar-refractivity contribution in [3.63, 3.8) is 0 Å². The largest absolute Gasteiger partial charge is 0.0620 e. The van der Waals surface area contributed by atoms with Gasteiger partial charge in [0.25, 0.3) is 0 Å². The maximum atomic E-state index is 2.24. The maximum Gasteiger partial charge on any atom is -0.00135 e. The topological polar surface area (TPSA) is 0 Å². The monoisotopic (exact) mass is 354 g/mol. The second-order valence-electron chi connectivity index (χ2n) is 7.88. The second kappa shape index (κ2) is 9.04. The molecule has 0 N–H and O–H groups in total. The van der Waals surface area contributed by atoms with E-state index >= 15 is 0 Å². The first-order chi connectivity index (χ1) is 13.4. The first-order valence-corrected chi connectivity index (χ1v) is 10.6. The Bertz CT molecular complexity index is 796. The molecular formula is C27H30. The minimum absolute atomic E-state index is 1.10. The van der Waals surface area contributed by atoms with E-state index in [1.165, 1.54) is 73.6 Å². The van der Waals surface area contributed by atoms with Gasteiger partial charge in [-0.2, -0.15) is 0 Å². The Kier molecular flexibility index (Phi) is 6.04. The van der Waals surface area contributed by atoms with Gasteiger partial charge in [-0.3, -0.25) is 0 Å². The summed E-state index contributed by atoms with van der Waals surface area (Å²) in [6.07, 6.45) is 12.6. The van der Waals surface area contributed by atoms with E-state index in [4.69, 9.17) is 0 Å². The van der Waals surface area contributed by atoms with Crippen molar-refractivity contribution in [2.24, 2.45) is 0 Å². The molecule has 0 aliphatic heterocycles. The van der Waals surface area contributed by atoms with Crippen LogP contribution >= 0.6 is 0 Å². The van der Waals surface area contributed by atoms with Crippen LogP contribution in [0.3, 0.4) is 0 Å². The van der Waals surface area contributed by atoms with Gasteiger partial charge in [-0.1, -0.05) is 105 Å². The molecule has 0 aromatic heterocycles. The van der Waals surface area contributed by atoms with E-state index in [-0.39, 0.29) is 0 Å². The molecule has 0 radical (unpaired) electrons. The molecule has 0 unspecified atom stereocenters. The minimum atomic E-state index is 1.10.